The fourth-order valence-electron chi connectivity index (χ4n) is 1.61. The average Bonchev–Trinajstić information content (AvgIpc) is 2.28. The maximum absolute atomic E-state index is 9.52. The van der Waals surface area contributed by atoms with E-state index in [9.17, 15) is 10.2 Å². The van der Waals surface area contributed by atoms with Crippen molar-refractivity contribution in [2.75, 3.05) is 18.5 Å². The number of aliphatic hydroxyl groups is 1. The largest absolute Gasteiger partial charge is 0.508 e. The first-order valence-electron chi connectivity index (χ1n) is 3.90. The van der Waals surface area contributed by atoms with Crippen molar-refractivity contribution in [3.8, 4) is 5.75 Å². The number of aromatic hydroxyl groups is 1. The highest BCUT2D eigenvalue weighted by Crippen LogP contribution is 2.35. The summed E-state index contributed by atoms with van der Waals surface area (Å²) >= 11 is 0. The molecule has 0 spiro atoms. The van der Waals surface area contributed by atoms with Crippen molar-refractivity contribution in [2.45, 2.75) is 6.10 Å². The number of benzene rings is 1. The number of β-amino-alcohol motifs (C(OH)–C–C–N with tert-alkyl or cyclic N) is 1. The molecular formula is C9H11NO2. The van der Waals surface area contributed by atoms with Crippen LogP contribution in [0.25, 0.3) is 0 Å². The van der Waals surface area contributed by atoms with Crippen molar-refractivity contribution in [3.05, 3.63) is 23.8 Å². The summed E-state index contributed by atoms with van der Waals surface area (Å²) in [6.07, 6.45) is -0.461. The van der Waals surface area contributed by atoms with Crippen molar-refractivity contribution >= 4 is 5.69 Å². The van der Waals surface area contributed by atoms with Gasteiger partial charge in [0.25, 0.3) is 0 Å². The fourth-order valence-corrected chi connectivity index (χ4v) is 1.61. The molecule has 2 N–H and O–H groups in total. The van der Waals surface area contributed by atoms with Crippen LogP contribution in [0.3, 0.4) is 0 Å². The molecule has 3 nitrogen and oxygen atoms in total. The van der Waals surface area contributed by atoms with Crippen LogP contribution in [-0.2, 0) is 0 Å². The highest BCUT2D eigenvalue weighted by Gasteiger charge is 2.24. The number of fused-ring (bicyclic) bond motifs is 1. The van der Waals surface area contributed by atoms with Crippen molar-refractivity contribution < 1.29 is 10.2 Å². The van der Waals surface area contributed by atoms with Crippen molar-refractivity contribution in [1.82, 2.24) is 0 Å². The van der Waals surface area contributed by atoms with Gasteiger partial charge in [0.1, 0.15) is 5.75 Å². The summed E-state index contributed by atoms with van der Waals surface area (Å²) in [4.78, 5) is 1.97. The minimum Gasteiger partial charge on any atom is -0.508 e. The molecule has 0 unspecified atom stereocenters. The third-order valence-electron chi connectivity index (χ3n) is 2.23. The molecule has 1 aromatic carbocycles. The average molecular weight is 165 g/mol. The second kappa shape index (κ2) is 2.38. The van der Waals surface area contributed by atoms with E-state index >= 15 is 0 Å². The zero-order valence-corrected chi connectivity index (χ0v) is 6.86. The highest BCUT2D eigenvalue weighted by atomic mass is 16.3. The second-order valence-corrected chi connectivity index (χ2v) is 3.14. The molecule has 0 aliphatic carbocycles. The summed E-state index contributed by atoms with van der Waals surface area (Å²) in [7, 11) is 1.92. The van der Waals surface area contributed by atoms with Gasteiger partial charge in [-0.1, -0.05) is 0 Å². The number of anilines is 1. The Kier molecular flexibility index (Phi) is 1.48. The second-order valence-electron chi connectivity index (χ2n) is 3.14. The number of aliphatic hydroxyl groups excluding tert-OH is 1. The van der Waals surface area contributed by atoms with Gasteiger partial charge >= 0.3 is 0 Å². The van der Waals surface area contributed by atoms with Crippen LogP contribution < -0.4 is 4.90 Å². The molecule has 1 heterocycles. The van der Waals surface area contributed by atoms with Gasteiger partial charge in [-0.15, -0.1) is 0 Å². The third kappa shape index (κ3) is 0.940. The lowest BCUT2D eigenvalue weighted by molar-refractivity contribution is 0.195. The maximum Gasteiger partial charge on any atom is 0.116 e. The molecule has 0 aromatic heterocycles. The molecule has 1 aliphatic rings. The van der Waals surface area contributed by atoms with E-state index in [0.29, 0.717) is 6.54 Å². The Morgan fingerprint density at radius 3 is 3.00 bits per heavy atom. The molecule has 0 saturated carbocycles. The van der Waals surface area contributed by atoms with Crippen molar-refractivity contribution in [1.29, 1.82) is 0 Å². The van der Waals surface area contributed by atoms with Gasteiger partial charge in [-0.05, 0) is 18.2 Å². The molecule has 0 radical (unpaired) electrons. The molecule has 3 heteroatoms. The number of rotatable bonds is 0. The SMILES string of the molecule is CN1C[C@H](O)c2cc(O)ccc21. The number of nitrogens with zero attached hydrogens (tertiary/aromatic N) is 1. The van der Waals surface area contributed by atoms with E-state index in [0.717, 1.165) is 11.3 Å². The normalized spacial score (nSPS) is 21.2. The minimum atomic E-state index is -0.461. The van der Waals surface area contributed by atoms with E-state index in [1.807, 2.05) is 18.0 Å². The molecule has 1 atom stereocenters. The van der Waals surface area contributed by atoms with E-state index < -0.39 is 6.10 Å². The van der Waals surface area contributed by atoms with E-state index in [1.54, 1.807) is 12.1 Å². The van der Waals surface area contributed by atoms with Crippen LogP contribution in [0.15, 0.2) is 18.2 Å². The van der Waals surface area contributed by atoms with Crippen LogP contribution >= 0.6 is 0 Å². The number of likely N-dealkylation sites (N-methyl/N-ethyl adjacent to an activating group) is 1. The monoisotopic (exact) mass is 165 g/mol. The predicted octanol–water partition coefficient (Wildman–Crippen LogP) is 0.875. The third-order valence-corrected chi connectivity index (χ3v) is 2.23. The van der Waals surface area contributed by atoms with Gasteiger partial charge in [0.15, 0.2) is 0 Å². The Labute approximate surface area is 70.9 Å². The van der Waals surface area contributed by atoms with E-state index in [1.165, 1.54) is 0 Å². The zero-order valence-electron chi connectivity index (χ0n) is 6.86. The lowest BCUT2D eigenvalue weighted by Gasteiger charge is -2.10. The van der Waals surface area contributed by atoms with Gasteiger partial charge in [-0.2, -0.15) is 0 Å². The molecular weight excluding hydrogens is 154 g/mol. The first kappa shape index (κ1) is 7.43. The van der Waals surface area contributed by atoms with Gasteiger partial charge in [-0.3, -0.25) is 0 Å². The summed E-state index contributed by atoms with van der Waals surface area (Å²) in [5, 5.41) is 18.7. The summed E-state index contributed by atoms with van der Waals surface area (Å²) in [5.74, 6) is 0.211. The first-order chi connectivity index (χ1) is 5.68. The van der Waals surface area contributed by atoms with Gasteiger partial charge in [0.2, 0.25) is 0 Å². The summed E-state index contributed by atoms with van der Waals surface area (Å²) in [6.45, 7) is 0.610. The Balaban J connectivity index is 2.53. The van der Waals surface area contributed by atoms with Gasteiger partial charge < -0.3 is 15.1 Å². The quantitative estimate of drug-likeness (QED) is 0.599. The number of hydrogen-bond acceptors (Lipinski definition) is 3. The molecule has 0 bridgehead atoms. The molecule has 64 valence electrons. The number of phenolic OH excluding ortho intramolecular Hbond substituents is 1. The maximum atomic E-state index is 9.52. The molecule has 1 aliphatic heterocycles. The topological polar surface area (TPSA) is 43.7 Å². The Hall–Kier alpha value is -1.22. The molecule has 2 rings (SSSR count). The van der Waals surface area contributed by atoms with E-state index in [2.05, 4.69) is 0 Å². The predicted molar refractivity (Wildman–Crippen MR) is 46.3 cm³/mol. The Bertz CT molecular complexity index is 311. The van der Waals surface area contributed by atoms with Crippen molar-refractivity contribution in [3.63, 3.8) is 0 Å². The van der Waals surface area contributed by atoms with Crippen LogP contribution in [0.4, 0.5) is 5.69 Å². The first-order valence-corrected chi connectivity index (χ1v) is 3.90. The summed E-state index contributed by atoms with van der Waals surface area (Å²) < 4.78 is 0. The van der Waals surface area contributed by atoms with E-state index in [4.69, 9.17) is 0 Å². The molecule has 1 aromatic rings. The molecule has 0 saturated heterocycles. The highest BCUT2D eigenvalue weighted by molar-refractivity contribution is 5.60. The fraction of sp³-hybridized carbons (Fsp3) is 0.333. The smallest absolute Gasteiger partial charge is 0.116 e. The zero-order chi connectivity index (χ0) is 8.72. The van der Waals surface area contributed by atoms with Crippen LogP contribution in [0.1, 0.15) is 11.7 Å². The molecule has 12 heavy (non-hydrogen) atoms. The Morgan fingerprint density at radius 1 is 1.50 bits per heavy atom. The minimum absolute atomic E-state index is 0.211. The Morgan fingerprint density at radius 2 is 2.25 bits per heavy atom. The molecule has 0 amide bonds. The lowest BCUT2D eigenvalue weighted by atomic mass is 10.1. The number of hydrogen-bond donors (Lipinski definition) is 2. The van der Waals surface area contributed by atoms with Crippen LogP contribution in [0.5, 0.6) is 5.75 Å². The lowest BCUT2D eigenvalue weighted by Crippen LogP contribution is -2.14. The molecule has 0 fully saturated rings. The van der Waals surface area contributed by atoms with Gasteiger partial charge in [0, 0.05) is 24.8 Å². The van der Waals surface area contributed by atoms with Crippen LogP contribution in [0, 0.1) is 0 Å². The standard InChI is InChI=1S/C9H11NO2/c1-10-5-9(12)7-4-6(11)2-3-8(7)10/h2-4,9,11-12H,5H2,1H3/t9-/m0/s1. The van der Waals surface area contributed by atoms with Crippen LogP contribution in [-0.4, -0.2) is 23.8 Å². The van der Waals surface area contributed by atoms with E-state index in [-0.39, 0.29) is 5.75 Å². The van der Waals surface area contributed by atoms with Gasteiger partial charge in [-0.25, -0.2) is 0 Å². The number of phenols is 1. The summed E-state index contributed by atoms with van der Waals surface area (Å²) in [5.41, 5.74) is 1.82. The van der Waals surface area contributed by atoms with Crippen molar-refractivity contribution in [2.24, 2.45) is 0 Å². The summed E-state index contributed by atoms with van der Waals surface area (Å²) in [6, 6.07) is 5.07. The van der Waals surface area contributed by atoms with Gasteiger partial charge in [0.05, 0.1) is 6.10 Å². The van der Waals surface area contributed by atoms with Crippen LogP contribution in [0.2, 0.25) is 0 Å².